The molecule has 0 saturated heterocycles. The lowest BCUT2D eigenvalue weighted by molar-refractivity contribution is -0.131. The first-order valence-corrected chi connectivity index (χ1v) is 7.35. The highest BCUT2D eigenvalue weighted by Gasteiger charge is 2.11. The summed E-state index contributed by atoms with van der Waals surface area (Å²) in [6.45, 7) is 0.332. The number of carboxylic acid groups (broad SMARTS) is 1. The van der Waals surface area contributed by atoms with Crippen molar-refractivity contribution in [3.8, 4) is 0 Å². The Hall–Kier alpha value is -1.76. The van der Waals surface area contributed by atoms with Crippen molar-refractivity contribution in [3.05, 3.63) is 49.9 Å². The van der Waals surface area contributed by atoms with Gasteiger partial charge >= 0.3 is 5.97 Å². The van der Waals surface area contributed by atoms with E-state index in [9.17, 15) is 9.59 Å². The number of aromatic nitrogens is 1. The van der Waals surface area contributed by atoms with Crippen molar-refractivity contribution in [1.29, 1.82) is 0 Å². The van der Waals surface area contributed by atoms with Gasteiger partial charge in [0.15, 0.2) is 0 Å². The summed E-state index contributed by atoms with van der Waals surface area (Å²) in [5.74, 6) is -1.32. The smallest absolute Gasteiger partial charge is 0.328 e. The minimum absolute atomic E-state index is 0.221. The normalized spacial score (nSPS) is 11.0. The van der Waals surface area contributed by atoms with Gasteiger partial charge in [-0.1, -0.05) is 23.2 Å². The van der Waals surface area contributed by atoms with Crippen LogP contribution >= 0.6 is 34.5 Å². The summed E-state index contributed by atoms with van der Waals surface area (Å²) in [5, 5.41) is 11.8. The highest BCUT2D eigenvalue weighted by atomic mass is 35.5. The second-order valence-corrected chi connectivity index (χ2v) is 5.99. The Balaban J connectivity index is 1.94. The number of thiophene rings is 1. The van der Waals surface area contributed by atoms with Crippen LogP contribution in [0.5, 0.6) is 0 Å². The van der Waals surface area contributed by atoms with Gasteiger partial charge in [-0.15, -0.1) is 11.3 Å². The van der Waals surface area contributed by atoms with Gasteiger partial charge in [0.2, 0.25) is 0 Å². The van der Waals surface area contributed by atoms with E-state index in [0.29, 0.717) is 11.6 Å². The second kappa shape index (κ2) is 6.80. The second-order valence-electron chi connectivity index (χ2n) is 4.00. The lowest BCUT2D eigenvalue weighted by Crippen LogP contribution is -2.22. The summed E-state index contributed by atoms with van der Waals surface area (Å²) < 4.78 is 0. The number of hydrogen-bond donors (Lipinski definition) is 3. The molecule has 8 heteroatoms. The molecule has 2 aromatic heterocycles. The fourth-order valence-electron chi connectivity index (χ4n) is 1.52. The highest BCUT2D eigenvalue weighted by molar-refractivity contribution is 7.12. The molecule has 0 aliphatic carbocycles. The van der Waals surface area contributed by atoms with E-state index in [1.807, 2.05) is 6.07 Å². The zero-order valence-electron chi connectivity index (χ0n) is 10.5. The van der Waals surface area contributed by atoms with Crippen molar-refractivity contribution in [2.75, 3.05) is 0 Å². The maximum atomic E-state index is 11.9. The minimum atomic E-state index is -1.00. The quantitative estimate of drug-likeness (QED) is 0.727. The van der Waals surface area contributed by atoms with Gasteiger partial charge in [-0.05, 0) is 24.3 Å². The molecule has 0 fully saturated rings. The van der Waals surface area contributed by atoms with E-state index in [1.54, 1.807) is 6.07 Å². The Labute approximate surface area is 134 Å². The molecule has 0 unspecified atom stereocenters. The number of carbonyl (C=O) groups is 2. The average molecular weight is 345 g/mol. The van der Waals surface area contributed by atoms with Gasteiger partial charge in [-0.25, -0.2) is 4.79 Å². The average Bonchev–Trinajstić information content (AvgIpc) is 3.01. The summed E-state index contributed by atoms with van der Waals surface area (Å²) in [5.41, 5.74) is 0.285. The number of aromatic amines is 1. The zero-order chi connectivity index (χ0) is 15.4. The molecule has 0 saturated carbocycles. The summed E-state index contributed by atoms with van der Waals surface area (Å²) >= 11 is 12.9. The van der Waals surface area contributed by atoms with Gasteiger partial charge in [-0.2, -0.15) is 0 Å². The Morgan fingerprint density at radius 3 is 2.76 bits per heavy atom. The SMILES string of the molecule is O=C(O)C=Cc1ccc(CNC(=O)c2cc(Cl)c(Cl)[nH]2)s1. The molecule has 21 heavy (non-hydrogen) atoms. The van der Waals surface area contributed by atoms with E-state index in [-0.39, 0.29) is 16.8 Å². The molecule has 0 aliphatic heterocycles. The van der Waals surface area contributed by atoms with Crippen LogP contribution in [0.1, 0.15) is 20.2 Å². The number of hydrogen-bond acceptors (Lipinski definition) is 3. The van der Waals surface area contributed by atoms with Crippen LogP contribution in [-0.4, -0.2) is 22.0 Å². The summed E-state index contributed by atoms with van der Waals surface area (Å²) in [6.07, 6.45) is 2.57. The third-order valence-electron chi connectivity index (χ3n) is 2.47. The number of halogens is 2. The van der Waals surface area contributed by atoms with Gasteiger partial charge in [0.05, 0.1) is 11.6 Å². The van der Waals surface area contributed by atoms with Crippen LogP contribution in [0, 0.1) is 0 Å². The summed E-state index contributed by atoms with van der Waals surface area (Å²) in [7, 11) is 0. The van der Waals surface area contributed by atoms with Crippen molar-refractivity contribution in [3.63, 3.8) is 0 Å². The molecule has 2 heterocycles. The van der Waals surface area contributed by atoms with Crippen LogP contribution in [0.15, 0.2) is 24.3 Å². The first-order valence-electron chi connectivity index (χ1n) is 5.77. The Morgan fingerprint density at radius 1 is 1.38 bits per heavy atom. The predicted molar refractivity (Wildman–Crippen MR) is 83.0 cm³/mol. The monoisotopic (exact) mass is 344 g/mol. The van der Waals surface area contributed by atoms with E-state index in [1.165, 1.54) is 23.5 Å². The zero-order valence-corrected chi connectivity index (χ0v) is 12.9. The molecule has 1 amide bonds. The first kappa shape index (κ1) is 15.6. The Kier molecular flexibility index (Phi) is 5.06. The molecule has 5 nitrogen and oxygen atoms in total. The molecule has 110 valence electrons. The molecule has 0 atom stereocenters. The predicted octanol–water partition coefficient (Wildman–Crippen LogP) is 3.41. The number of nitrogens with one attached hydrogen (secondary N) is 2. The number of carbonyl (C=O) groups excluding carboxylic acids is 1. The number of rotatable bonds is 5. The molecular weight excluding hydrogens is 335 g/mol. The van der Waals surface area contributed by atoms with Gasteiger partial charge in [0.1, 0.15) is 10.8 Å². The Morgan fingerprint density at radius 2 is 2.14 bits per heavy atom. The molecular formula is C13H10Cl2N2O3S. The van der Waals surface area contributed by atoms with Crippen LogP contribution in [-0.2, 0) is 11.3 Å². The summed E-state index contributed by atoms with van der Waals surface area (Å²) in [4.78, 5) is 26.6. The summed E-state index contributed by atoms with van der Waals surface area (Å²) in [6, 6.07) is 5.06. The third kappa shape index (κ3) is 4.35. The number of aliphatic carboxylic acids is 1. The lowest BCUT2D eigenvalue weighted by atomic mass is 10.3. The molecule has 3 N–H and O–H groups in total. The number of amides is 1. The van der Waals surface area contributed by atoms with Crippen molar-refractivity contribution < 1.29 is 14.7 Å². The fraction of sp³-hybridized carbons (Fsp3) is 0.0769. The van der Waals surface area contributed by atoms with E-state index >= 15 is 0 Å². The first-order chi connectivity index (χ1) is 9.95. The molecule has 2 rings (SSSR count). The van der Waals surface area contributed by atoms with E-state index < -0.39 is 5.97 Å². The Bertz CT molecular complexity index is 687. The largest absolute Gasteiger partial charge is 0.478 e. The topological polar surface area (TPSA) is 82.2 Å². The van der Waals surface area contributed by atoms with Crippen LogP contribution in [0.25, 0.3) is 6.08 Å². The van der Waals surface area contributed by atoms with Crippen molar-refractivity contribution in [2.45, 2.75) is 6.54 Å². The third-order valence-corrected chi connectivity index (χ3v) is 4.21. The van der Waals surface area contributed by atoms with Gasteiger partial charge in [-0.3, -0.25) is 4.79 Å². The van der Waals surface area contributed by atoms with Gasteiger partial charge < -0.3 is 15.4 Å². The molecule has 0 spiro atoms. The van der Waals surface area contributed by atoms with Gasteiger partial charge in [0, 0.05) is 15.8 Å². The van der Waals surface area contributed by atoms with Crippen molar-refractivity contribution in [2.24, 2.45) is 0 Å². The number of carboxylic acids is 1. The van der Waals surface area contributed by atoms with E-state index in [4.69, 9.17) is 28.3 Å². The van der Waals surface area contributed by atoms with Gasteiger partial charge in [0.25, 0.3) is 5.91 Å². The highest BCUT2D eigenvalue weighted by Crippen LogP contribution is 2.22. The van der Waals surface area contributed by atoms with Crippen molar-refractivity contribution in [1.82, 2.24) is 10.3 Å². The van der Waals surface area contributed by atoms with Crippen LogP contribution in [0.3, 0.4) is 0 Å². The van der Waals surface area contributed by atoms with E-state index in [0.717, 1.165) is 15.8 Å². The van der Waals surface area contributed by atoms with Crippen LogP contribution in [0.4, 0.5) is 0 Å². The van der Waals surface area contributed by atoms with Crippen LogP contribution in [0.2, 0.25) is 10.2 Å². The molecule has 2 aromatic rings. The molecule has 0 aromatic carbocycles. The van der Waals surface area contributed by atoms with Crippen LogP contribution < -0.4 is 5.32 Å². The lowest BCUT2D eigenvalue weighted by Gasteiger charge is -2.00. The maximum absolute atomic E-state index is 11.9. The minimum Gasteiger partial charge on any atom is -0.478 e. The molecule has 0 radical (unpaired) electrons. The molecule has 0 bridgehead atoms. The van der Waals surface area contributed by atoms with E-state index in [2.05, 4.69) is 10.3 Å². The molecule has 0 aliphatic rings. The maximum Gasteiger partial charge on any atom is 0.328 e. The fourth-order valence-corrected chi connectivity index (χ4v) is 2.69. The number of H-pyrrole nitrogens is 1. The van der Waals surface area contributed by atoms with Crippen molar-refractivity contribution >= 4 is 52.5 Å². The standard InChI is InChI=1S/C13H10Cl2N2O3S/c14-9-5-10(17-12(9)15)13(20)16-6-8-2-1-7(21-8)3-4-11(18)19/h1-5,17H,6H2,(H,16,20)(H,18,19).